The van der Waals surface area contributed by atoms with Crippen molar-refractivity contribution in [2.75, 3.05) is 44.7 Å². The highest BCUT2D eigenvalue weighted by Crippen LogP contribution is 2.17. The molecule has 1 aliphatic heterocycles. The number of aromatic nitrogens is 2. The molecule has 126 valence electrons. The molecule has 0 atom stereocenters. The average molecular weight is 319 g/mol. The first-order chi connectivity index (χ1) is 11.2. The zero-order chi connectivity index (χ0) is 16.1. The van der Waals surface area contributed by atoms with Crippen LogP contribution in [0.1, 0.15) is 25.7 Å². The number of hydrogen-bond donors (Lipinski definition) is 1. The molecule has 1 saturated heterocycles. The van der Waals surface area contributed by atoms with Crippen LogP contribution in [0.25, 0.3) is 0 Å². The third-order valence-electron chi connectivity index (χ3n) is 4.59. The minimum atomic E-state index is 0.158. The van der Waals surface area contributed by atoms with Gasteiger partial charge in [-0.2, -0.15) is 0 Å². The Balaban J connectivity index is 1.43. The molecule has 1 N–H and O–H groups in total. The van der Waals surface area contributed by atoms with Gasteiger partial charge in [-0.3, -0.25) is 9.69 Å². The summed E-state index contributed by atoms with van der Waals surface area (Å²) in [6.45, 7) is 3.88. The highest BCUT2D eigenvalue weighted by atomic mass is 16.5. The molecule has 0 bridgehead atoms. The summed E-state index contributed by atoms with van der Waals surface area (Å²) in [5.74, 6) is 1.54. The molecule has 7 heteroatoms. The molecule has 2 fully saturated rings. The number of methoxy groups -OCH3 is 1. The molecule has 0 radical (unpaired) electrons. The number of carbonyl (C=O) groups excluding carboxylic acids is 1. The first-order valence-electron chi connectivity index (χ1n) is 8.37. The van der Waals surface area contributed by atoms with E-state index in [1.165, 1.54) is 12.8 Å². The van der Waals surface area contributed by atoms with Crippen LogP contribution in [0.4, 0.5) is 5.95 Å². The second-order valence-electron chi connectivity index (χ2n) is 6.23. The zero-order valence-corrected chi connectivity index (χ0v) is 13.7. The molecule has 3 rings (SSSR count). The summed E-state index contributed by atoms with van der Waals surface area (Å²) in [5, 5.41) is 3.15. The van der Waals surface area contributed by atoms with Crippen LogP contribution < -0.4 is 15.0 Å². The Labute approximate surface area is 137 Å². The van der Waals surface area contributed by atoms with Crippen molar-refractivity contribution in [2.45, 2.75) is 31.7 Å². The molecule has 23 heavy (non-hydrogen) atoms. The number of nitrogens with zero attached hydrogens (tertiary/aromatic N) is 4. The number of rotatable bonds is 5. The summed E-state index contributed by atoms with van der Waals surface area (Å²) in [4.78, 5) is 25.1. The molecule has 1 amide bonds. The lowest BCUT2D eigenvalue weighted by atomic mass is 10.2. The summed E-state index contributed by atoms with van der Waals surface area (Å²) in [6.07, 6.45) is 8.12. The maximum atomic E-state index is 12.1. The van der Waals surface area contributed by atoms with Crippen LogP contribution in [-0.2, 0) is 4.79 Å². The van der Waals surface area contributed by atoms with E-state index in [0.29, 0.717) is 18.3 Å². The lowest BCUT2D eigenvalue weighted by Crippen LogP contribution is -2.50. The molecule has 1 aliphatic carbocycles. The second-order valence-corrected chi connectivity index (χ2v) is 6.23. The highest BCUT2D eigenvalue weighted by molar-refractivity contribution is 5.78. The third kappa shape index (κ3) is 4.31. The smallest absolute Gasteiger partial charge is 0.234 e. The molecule has 7 nitrogen and oxygen atoms in total. The van der Waals surface area contributed by atoms with Crippen LogP contribution in [-0.4, -0.2) is 66.7 Å². The van der Waals surface area contributed by atoms with Gasteiger partial charge in [-0.1, -0.05) is 12.8 Å². The van der Waals surface area contributed by atoms with Crippen molar-refractivity contribution in [3.8, 4) is 5.75 Å². The highest BCUT2D eigenvalue weighted by Gasteiger charge is 2.22. The van der Waals surface area contributed by atoms with Crippen molar-refractivity contribution >= 4 is 11.9 Å². The number of hydrogen-bond acceptors (Lipinski definition) is 6. The lowest BCUT2D eigenvalue weighted by Gasteiger charge is -2.34. The van der Waals surface area contributed by atoms with Gasteiger partial charge in [0.1, 0.15) is 0 Å². The van der Waals surface area contributed by atoms with Crippen LogP contribution in [0.3, 0.4) is 0 Å². The Kier molecular flexibility index (Phi) is 5.27. The molecular weight excluding hydrogens is 294 g/mol. The van der Waals surface area contributed by atoms with E-state index in [1.807, 2.05) is 0 Å². The van der Waals surface area contributed by atoms with Crippen molar-refractivity contribution < 1.29 is 9.53 Å². The summed E-state index contributed by atoms with van der Waals surface area (Å²) in [5.41, 5.74) is 0. The predicted octanol–water partition coefficient (Wildman–Crippen LogP) is 0.666. The number of nitrogens with one attached hydrogen (secondary N) is 1. The van der Waals surface area contributed by atoms with E-state index in [0.717, 1.165) is 45.0 Å². The fourth-order valence-electron chi connectivity index (χ4n) is 3.23. The standard InChI is InChI=1S/C16H25N5O2/c1-23-14-10-17-16(18-11-14)21-8-6-20(7-9-21)12-15(22)19-13-4-2-3-5-13/h10-11,13H,2-9,12H2,1H3,(H,19,22). The largest absolute Gasteiger partial charge is 0.494 e. The van der Waals surface area contributed by atoms with Crippen LogP contribution in [0.15, 0.2) is 12.4 Å². The summed E-state index contributed by atoms with van der Waals surface area (Å²) in [7, 11) is 1.60. The number of carbonyl (C=O) groups is 1. The van der Waals surface area contributed by atoms with Gasteiger partial charge in [-0.15, -0.1) is 0 Å². The van der Waals surface area contributed by atoms with E-state index in [4.69, 9.17) is 4.74 Å². The van der Waals surface area contributed by atoms with Crippen molar-refractivity contribution in [1.29, 1.82) is 0 Å². The van der Waals surface area contributed by atoms with E-state index in [-0.39, 0.29) is 5.91 Å². The summed E-state index contributed by atoms with van der Waals surface area (Å²) >= 11 is 0. The van der Waals surface area contributed by atoms with E-state index < -0.39 is 0 Å². The van der Waals surface area contributed by atoms with Crippen molar-refractivity contribution in [3.63, 3.8) is 0 Å². The van der Waals surface area contributed by atoms with Gasteiger partial charge >= 0.3 is 0 Å². The third-order valence-corrected chi connectivity index (χ3v) is 4.59. The molecular formula is C16H25N5O2. The molecule has 2 aliphatic rings. The Morgan fingerprint density at radius 3 is 2.48 bits per heavy atom. The molecule has 1 aromatic rings. The van der Waals surface area contributed by atoms with Crippen LogP contribution in [0.2, 0.25) is 0 Å². The van der Waals surface area contributed by atoms with Gasteiger partial charge in [-0.05, 0) is 12.8 Å². The van der Waals surface area contributed by atoms with Crippen molar-refractivity contribution in [2.24, 2.45) is 0 Å². The van der Waals surface area contributed by atoms with E-state index in [2.05, 4.69) is 25.1 Å². The minimum Gasteiger partial charge on any atom is -0.494 e. The summed E-state index contributed by atoms with van der Waals surface area (Å²) < 4.78 is 5.08. The Morgan fingerprint density at radius 1 is 1.22 bits per heavy atom. The minimum absolute atomic E-state index is 0.158. The number of anilines is 1. The van der Waals surface area contributed by atoms with Crippen LogP contribution in [0, 0.1) is 0 Å². The quantitative estimate of drug-likeness (QED) is 0.860. The zero-order valence-electron chi connectivity index (χ0n) is 13.7. The molecule has 1 saturated carbocycles. The first kappa shape index (κ1) is 16.0. The number of amides is 1. The van der Waals surface area contributed by atoms with Gasteiger partial charge in [0.25, 0.3) is 0 Å². The predicted molar refractivity (Wildman–Crippen MR) is 87.6 cm³/mol. The molecule has 2 heterocycles. The lowest BCUT2D eigenvalue weighted by molar-refractivity contribution is -0.123. The number of ether oxygens (including phenoxy) is 1. The topological polar surface area (TPSA) is 70.6 Å². The normalized spacial score (nSPS) is 19.8. The maximum absolute atomic E-state index is 12.1. The molecule has 1 aromatic heterocycles. The fraction of sp³-hybridized carbons (Fsp3) is 0.688. The van der Waals surface area contributed by atoms with E-state index >= 15 is 0 Å². The molecule has 0 spiro atoms. The fourth-order valence-corrected chi connectivity index (χ4v) is 3.23. The van der Waals surface area contributed by atoms with Gasteiger partial charge < -0.3 is 15.0 Å². The average Bonchev–Trinajstić information content (AvgIpc) is 3.08. The van der Waals surface area contributed by atoms with E-state index in [9.17, 15) is 4.79 Å². The Bertz CT molecular complexity index is 508. The van der Waals surface area contributed by atoms with Gasteiger partial charge in [0.2, 0.25) is 11.9 Å². The van der Waals surface area contributed by atoms with Gasteiger partial charge in [0.05, 0.1) is 26.0 Å². The van der Waals surface area contributed by atoms with E-state index in [1.54, 1.807) is 19.5 Å². The first-order valence-corrected chi connectivity index (χ1v) is 8.37. The molecule has 0 aromatic carbocycles. The van der Waals surface area contributed by atoms with Crippen molar-refractivity contribution in [1.82, 2.24) is 20.2 Å². The van der Waals surface area contributed by atoms with Crippen LogP contribution >= 0.6 is 0 Å². The van der Waals surface area contributed by atoms with Gasteiger partial charge in [0.15, 0.2) is 5.75 Å². The summed E-state index contributed by atoms with van der Waals surface area (Å²) in [6, 6.07) is 0.400. The van der Waals surface area contributed by atoms with Gasteiger partial charge in [-0.25, -0.2) is 9.97 Å². The van der Waals surface area contributed by atoms with Crippen molar-refractivity contribution in [3.05, 3.63) is 12.4 Å². The molecule has 0 unspecified atom stereocenters. The Hall–Kier alpha value is -1.89. The van der Waals surface area contributed by atoms with Crippen LogP contribution in [0.5, 0.6) is 5.75 Å². The maximum Gasteiger partial charge on any atom is 0.234 e. The monoisotopic (exact) mass is 319 g/mol. The second kappa shape index (κ2) is 7.59. The number of piperazine rings is 1. The van der Waals surface area contributed by atoms with Gasteiger partial charge in [0, 0.05) is 32.2 Å². The SMILES string of the molecule is COc1cnc(N2CCN(CC(=O)NC3CCCC3)CC2)nc1. The Morgan fingerprint density at radius 2 is 1.87 bits per heavy atom.